The number of aromatic nitrogens is 3. The van der Waals surface area contributed by atoms with Gasteiger partial charge in [0, 0.05) is 33.2 Å². The lowest BCUT2D eigenvalue weighted by Gasteiger charge is -2.17. The minimum Gasteiger partial charge on any atom is -0.309 e. The minimum atomic E-state index is 0.736. The molecular weight excluding hydrogens is 595 g/mol. The summed E-state index contributed by atoms with van der Waals surface area (Å²) >= 11 is 0. The van der Waals surface area contributed by atoms with Crippen molar-refractivity contribution in [1.29, 1.82) is 0 Å². The Morgan fingerprint density at radius 1 is 0.429 bits per heavy atom. The summed E-state index contributed by atoms with van der Waals surface area (Å²) in [6.07, 6.45) is 4.85. The fourth-order valence-electron chi connectivity index (χ4n) is 7.96. The molecule has 2 aromatic heterocycles. The topological polar surface area (TPSA) is 30.7 Å². The van der Waals surface area contributed by atoms with Crippen LogP contribution in [0.3, 0.4) is 0 Å². The Morgan fingerprint density at radius 2 is 1.00 bits per heavy atom. The second-order valence-corrected chi connectivity index (χ2v) is 13.3. The molecule has 7 aromatic carbocycles. The highest BCUT2D eigenvalue weighted by Crippen LogP contribution is 2.41. The summed E-state index contributed by atoms with van der Waals surface area (Å²) in [4.78, 5) is 10.3. The van der Waals surface area contributed by atoms with Crippen LogP contribution in [0.1, 0.15) is 24.0 Å². The number of hydrogen-bond acceptors (Lipinski definition) is 2. The first-order valence-corrected chi connectivity index (χ1v) is 17.3. The molecule has 1 aliphatic rings. The van der Waals surface area contributed by atoms with E-state index in [-0.39, 0.29) is 0 Å². The Morgan fingerprint density at radius 3 is 1.67 bits per heavy atom. The summed E-state index contributed by atoms with van der Waals surface area (Å²) in [5.74, 6) is 0.736. The Kier molecular flexibility index (Phi) is 6.45. The third kappa shape index (κ3) is 4.65. The molecular formula is C46H33N3. The molecule has 3 heteroatoms. The molecule has 0 bridgehead atoms. The standard InChI is InChI=1S/C46H33N3/c1-2-13-33(14-3-1)40-29-41(36-19-18-30-10-4-5-15-35(30)28-36)48-46(47-40)34-20-24-37(25-21-34)49-42-26-22-31-11-6-8-16-38(31)44(42)45-39-17-9-7-12-32(39)23-27-43(45)49/h1-3,6-9,11-14,16-29H,4-5,10,15H2. The number of aryl methyl sites for hydroxylation is 2. The van der Waals surface area contributed by atoms with Gasteiger partial charge >= 0.3 is 0 Å². The SMILES string of the molecule is c1ccc(-c2cc(-c3ccc4c(c3)CCCC4)nc(-c3ccc(-n4c5ccc6ccccc6c5c5c6ccccc6ccc54)cc3)n2)cc1. The number of fused-ring (bicyclic) bond motifs is 8. The van der Waals surface area contributed by atoms with Gasteiger partial charge in [-0.3, -0.25) is 0 Å². The van der Waals surface area contributed by atoms with Gasteiger partial charge in [-0.05, 0) is 107 Å². The van der Waals surface area contributed by atoms with Gasteiger partial charge in [-0.2, -0.15) is 0 Å². The van der Waals surface area contributed by atoms with E-state index in [0.29, 0.717) is 0 Å². The molecule has 0 atom stereocenters. The van der Waals surface area contributed by atoms with E-state index in [2.05, 4.69) is 156 Å². The summed E-state index contributed by atoms with van der Waals surface area (Å²) in [7, 11) is 0. The van der Waals surface area contributed by atoms with Crippen molar-refractivity contribution in [3.63, 3.8) is 0 Å². The highest BCUT2D eigenvalue weighted by Gasteiger charge is 2.18. The first-order chi connectivity index (χ1) is 24.3. The predicted octanol–water partition coefficient (Wildman–Crippen LogP) is 11.8. The van der Waals surface area contributed by atoms with Gasteiger partial charge < -0.3 is 4.57 Å². The second-order valence-electron chi connectivity index (χ2n) is 13.3. The van der Waals surface area contributed by atoms with Crippen molar-refractivity contribution in [2.45, 2.75) is 25.7 Å². The molecule has 0 unspecified atom stereocenters. The van der Waals surface area contributed by atoms with Crippen LogP contribution < -0.4 is 0 Å². The number of benzene rings is 7. The van der Waals surface area contributed by atoms with E-state index < -0.39 is 0 Å². The van der Waals surface area contributed by atoms with Crippen LogP contribution in [0, 0.1) is 0 Å². The van der Waals surface area contributed by atoms with Crippen molar-refractivity contribution in [2.75, 3.05) is 0 Å². The van der Waals surface area contributed by atoms with E-state index >= 15 is 0 Å². The fourth-order valence-corrected chi connectivity index (χ4v) is 7.96. The molecule has 9 aromatic rings. The zero-order valence-electron chi connectivity index (χ0n) is 27.1. The summed E-state index contributed by atoms with van der Waals surface area (Å²) in [6.45, 7) is 0. The van der Waals surface area contributed by atoms with Crippen molar-refractivity contribution < 1.29 is 0 Å². The van der Waals surface area contributed by atoms with Gasteiger partial charge in [-0.25, -0.2) is 9.97 Å². The maximum atomic E-state index is 5.19. The largest absolute Gasteiger partial charge is 0.309 e. The Labute approximate surface area is 285 Å². The average molecular weight is 628 g/mol. The van der Waals surface area contributed by atoms with Gasteiger partial charge in [0.05, 0.1) is 22.4 Å². The van der Waals surface area contributed by atoms with Gasteiger partial charge in [0.25, 0.3) is 0 Å². The van der Waals surface area contributed by atoms with Crippen LogP contribution in [0.5, 0.6) is 0 Å². The van der Waals surface area contributed by atoms with Crippen LogP contribution >= 0.6 is 0 Å². The molecule has 0 saturated heterocycles. The van der Waals surface area contributed by atoms with Crippen molar-refractivity contribution >= 4 is 43.4 Å². The van der Waals surface area contributed by atoms with E-state index in [1.54, 1.807) is 0 Å². The normalized spacial score (nSPS) is 13.0. The van der Waals surface area contributed by atoms with Gasteiger partial charge in [0.15, 0.2) is 5.82 Å². The summed E-state index contributed by atoms with van der Waals surface area (Å²) in [6, 6.07) is 54.8. The minimum absolute atomic E-state index is 0.736. The Hall–Kier alpha value is -6.06. The lowest BCUT2D eigenvalue weighted by molar-refractivity contribution is 0.686. The number of nitrogens with zero attached hydrogens (tertiary/aromatic N) is 3. The van der Waals surface area contributed by atoms with E-state index in [0.717, 1.165) is 46.0 Å². The van der Waals surface area contributed by atoms with Crippen LogP contribution in [-0.2, 0) is 12.8 Å². The third-order valence-electron chi connectivity index (χ3n) is 10.4. The smallest absolute Gasteiger partial charge is 0.160 e. The van der Waals surface area contributed by atoms with Gasteiger partial charge in [-0.1, -0.05) is 103 Å². The lowest BCUT2D eigenvalue weighted by Crippen LogP contribution is -2.03. The monoisotopic (exact) mass is 627 g/mol. The van der Waals surface area contributed by atoms with E-state index in [9.17, 15) is 0 Å². The molecule has 10 rings (SSSR count). The first kappa shape index (κ1) is 28.0. The highest BCUT2D eigenvalue weighted by atomic mass is 15.0. The average Bonchev–Trinajstić information content (AvgIpc) is 3.53. The number of rotatable bonds is 4. The second kappa shape index (κ2) is 11.3. The first-order valence-electron chi connectivity index (χ1n) is 17.3. The number of hydrogen-bond donors (Lipinski definition) is 0. The zero-order chi connectivity index (χ0) is 32.3. The summed E-state index contributed by atoms with van der Waals surface area (Å²) in [5.41, 5.74) is 11.6. The van der Waals surface area contributed by atoms with Crippen molar-refractivity contribution in [1.82, 2.24) is 14.5 Å². The van der Waals surface area contributed by atoms with Crippen LogP contribution in [0.2, 0.25) is 0 Å². The van der Waals surface area contributed by atoms with Gasteiger partial charge in [-0.15, -0.1) is 0 Å². The van der Waals surface area contributed by atoms with Gasteiger partial charge in [0.1, 0.15) is 0 Å². The van der Waals surface area contributed by atoms with Crippen LogP contribution in [0.4, 0.5) is 0 Å². The molecule has 1 aliphatic carbocycles. The maximum Gasteiger partial charge on any atom is 0.160 e. The van der Waals surface area contributed by atoms with E-state index in [1.807, 2.05) is 0 Å². The quantitative estimate of drug-likeness (QED) is 0.194. The molecule has 0 saturated carbocycles. The zero-order valence-corrected chi connectivity index (χ0v) is 27.1. The molecule has 0 aliphatic heterocycles. The summed E-state index contributed by atoms with van der Waals surface area (Å²) < 4.78 is 2.41. The van der Waals surface area contributed by atoms with E-state index in [4.69, 9.17) is 9.97 Å². The van der Waals surface area contributed by atoms with Crippen LogP contribution in [-0.4, -0.2) is 14.5 Å². The molecule has 0 amide bonds. The Bertz CT molecular complexity index is 2610. The predicted molar refractivity (Wildman–Crippen MR) is 204 cm³/mol. The molecule has 0 spiro atoms. The van der Waals surface area contributed by atoms with Gasteiger partial charge in [0.2, 0.25) is 0 Å². The van der Waals surface area contributed by atoms with Crippen molar-refractivity contribution in [3.05, 3.63) is 163 Å². The van der Waals surface area contributed by atoms with E-state index in [1.165, 1.54) is 73.7 Å². The molecule has 49 heavy (non-hydrogen) atoms. The molecule has 3 nitrogen and oxygen atoms in total. The molecule has 0 N–H and O–H groups in total. The lowest BCUT2D eigenvalue weighted by atomic mass is 9.90. The molecule has 232 valence electrons. The third-order valence-corrected chi connectivity index (χ3v) is 10.4. The molecule has 0 fully saturated rings. The van der Waals surface area contributed by atoms with Crippen LogP contribution in [0.15, 0.2) is 152 Å². The van der Waals surface area contributed by atoms with Crippen molar-refractivity contribution in [3.8, 4) is 39.6 Å². The highest BCUT2D eigenvalue weighted by molar-refractivity contribution is 6.28. The molecule has 2 heterocycles. The van der Waals surface area contributed by atoms with Crippen LogP contribution in [0.25, 0.3) is 82.9 Å². The Balaban J connectivity index is 1.14. The van der Waals surface area contributed by atoms with Crippen molar-refractivity contribution in [2.24, 2.45) is 0 Å². The maximum absolute atomic E-state index is 5.19. The fraction of sp³-hybridized carbons (Fsp3) is 0.0870. The molecule has 0 radical (unpaired) electrons. The summed E-state index contributed by atoms with van der Waals surface area (Å²) in [5, 5.41) is 7.64.